The molecule has 0 unspecified atom stereocenters. The van der Waals surface area contributed by atoms with E-state index in [9.17, 15) is 24.5 Å². The summed E-state index contributed by atoms with van der Waals surface area (Å²) in [6.45, 7) is 0.245. The van der Waals surface area contributed by atoms with Crippen molar-refractivity contribution < 1.29 is 28.8 Å². The minimum absolute atomic E-state index is 0.0155. The van der Waals surface area contributed by atoms with Gasteiger partial charge in [0.1, 0.15) is 12.0 Å². The second-order valence-electron chi connectivity index (χ2n) is 5.61. The van der Waals surface area contributed by atoms with E-state index in [2.05, 4.69) is 10.6 Å². The molecule has 2 atom stereocenters. The average molecular weight is 397 g/mol. The number of rotatable bonds is 9. The second kappa shape index (κ2) is 9.88. The lowest BCUT2D eigenvalue weighted by Gasteiger charge is -2.34. The molecule has 0 aliphatic carbocycles. The molecule has 0 aromatic heterocycles. The Morgan fingerprint density at radius 1 is 1.33 bits per heavy atom. The zero-order chi connectivity index (χ0) is 19.8. The first-order valence-corrected chi connectivity index (χ1v) is 8.95. The smallest absolute Gasteiger partial charge is 0.407 e. The number of methoxy groups -OCH3 is 1. The van der Waals surface area contributed by atoms with Gasteiger partial charge in [0, 0.05) is 32.2 Å². The molecule has 1 aliphatic heterocycles. The van der Waals surface area contributed by atoms with Crippen LogP contribution in [0.1, 0.15) is 18.4 Å². The molecule has 2 N–H and O–H groups in total. The fourth-order valence-corrected chi connectivity index (χ4v) is 3.28. The molecule has 1 heterocycles. The number of carbonyl (C=O) groups is 3. The molecule has 1 aliphatic rings. The van der Waals surface area contributed by atoms with Gasteiger partial charge in [0.25, 0.3) is 11.6 Å². The third-order valence-corrected chi connectivity index (χ3v) is 4.76. The number of non-ortho nitro benzene ring substituents is 1. The molecular weight excluding hydrogens is 378 g/mol. The van der Waals surface area contributed by atoms with Crippen LogP contribution in [0.3, 0.4) is 0 Å². The molecule has 1 fully saturated rings. The Bertz CT molecular complexity index is 710. The topological polar surface area (TPSA) is 137 Å². The second-order valence-corrected chi connectivity index (χ2v) is 6.80. The zero-order valence-electron chi connectivity index (χ0n) is 14.5. The van der Waals surface area contributed by atoms with E-state index in [1.165, 1.54) is 31.4 Å². The summed E-state index contributed by atoms with van der Waals surface area (Å²) in [5, 5.41) is 15.2. The van der Waals surface area contributed by atoms with Crippen molar-refractivity contribution in [1.82, 2.24) is 10.6 Å². The van der Waals surface area contributed by atoms with Crippen molar-refractivity contribution >= 4 is 34.6 Å². The molecule has 146 valence electrons. The summed E-state index contributed by atoms with van der Waals surface area (Å²) in [5.41, 5.74) is 0.585. The maximum Gasteiger partial charge on any atom is 0.407 e. The van der Waals surface area contributed by atoms with E-state index in [1.807, 2.05) is 0 Å². The highest BCUT2D eigenvalue weighted by Gasteiger charge is 2.41. The van der Waals surface area contributed by atoms with Crippen LogP contribution in [0, 0.1) is 10.1 Å². The van der Waals surface area contributed by atoms with E-state index in [0.29, 0.717) is 12.0 Å². The lowest BCUT2D eigenvalue weighted by atomic mass is 10.2. The van der Waals surface area contributed by atoms with Crippen molar-refractivity contribution in [2.75, 3.05) is 13.7 Å². The number of nitrogens with one attached hydrogen (secondary N) is 2. The van der Waals surface area contributed by atoms with Gasteiger partial charge in [-0.2, -0.15) is 0 Å². The van der Waals surface area contributed by atoms with Crippen LogP contribution in [0.4, 0.5) is 10.5 Å². The third-order valence-electron chi connectivity index (χ3n) is 3.67. The molecular formula is C16H19N3O7S. The van der Waals surface area contributed by atoms with Crippen molar-refractivity contribution in [1.29, 1.82) is 0 Å². The Labute approximate surface area is 159 Å². The summed E-state index contributed by atoms with van der Waals surface area (Å²) >= 11 is 1.00. The molecule has 0 saturated carbocycles. The fraction of sp³-hybridized carbons (Fsp3) is 0.438. The van der Waals surface area contributed by atoms with Crippen LogP contribution < -0.4 is 10.6 Å². The van der Waals surface area contributed by atoms with E-state index in [4.69, 9.17) is 9.47 Å². The van der Waals surface area contributed by atoms with Gasteiger partial charge >= 0.3 is 6.09 Å². The Balaban J connectivity index is 1.57. The molecule has 0 spiro atoms. The summed E-state index contributed by atoms with van der Waals surface area (Å²) in [4.78, 5) is 44.6. The lowest BCUT2D eigenvalue weighted by Crippen LogP contribution is -2.61. The van der Waals surface area contributed by atoms with Crippen molar-refractivity contribution in [3.8, 4) is 0 Å². The number of alkyl carbamates (subject to hydrolysis) is 1. The zero-order valence-corrected chi connectivity index (χ0v) is 15.3. The number of β-lactam (4-membered cyclic amide) rings is 1. The standard InChI is InChI=1S/C16H19N3O7S/c1-25-13-14(21)18-15(13)27-12(20)3-2-8-17-16(22)26-9-10-4-6-11(7-5-10)19(23)24/h4-7,13,15H,2-3,8-9H2,1H3,(H,17,22)(H,18,21)/t13-,15+/m0/s1. The summed E-state index contributed by atoms with van der Waals surface area (Å²) in [6.07, 6.45) is -0.585. The molecule has 2 amide bonds. The molecule has 1 aromatic carbocycles. The molecule has 1 aromatic rings. The van der Waals surface area contributed by atoms with Crippen molar-refractivity contribution in [3.05, 3.63) is 39.9 Å². The predicted octanol–water partition coefficient (Wildman–Crippen LogP) is 1.33. The first-order chi connectivity index (χ1) is 12.9. The highest BCUT2D eigenvalue weighted by Crippen LogP contribution is 2.24. The third kappa shape index (κ3) is 6.22. The largest absolute Gasteiger partial charge is 0.445 e. The van der Waals surface area contributed by atoms with E-state index in [-0.39, 0.29) is 41.7 Å². The first-order valence-electron chi connectivity index (χ1n) is 8.07. The summed E-state index contributed by atoms with van der Waals surface area (Å²) < 4.78 is 9.95. The number of nitrogens with zero attached hydrogens (tertiary/aromatic N) is 1. The number of amides is 2. The minimum Gasteiger partial charge on any atom is -0.445 e. The van der Waals surface area contributed by atoms with Gasteiger partial charge in [0.15, 0.2) is 11.2 Å². The molecule has 1 saturated heterocycles. The number of benzene rings is 1. The van der Waals surface area contributed by atoms with Gasteiger partial charge in [-0.3, -0.25) is 19.7 Å². The van der Waals surface area contributed by atoms with E-state index in [0.717, 1.165) is 11.8 Å². The van der Waals surface area contributed by atoms with Gasteiger partial charge in [0.2, 0.25) is 0 Å². The Hall–Kier alpha value is -2.66. The first kappa shape index (κ1) is 20.6. The monoisotopic (exact) mass is 397 g/mol. The Kier molecular flexibility index (Phi) is 7.55. The van der Waals surface area contributed by atoms with Crippen molar-refractivity contribution in [3.63, 3.8) is 0 Å². The lowest BCUT2D eigenvalue weighted by molar-refractivity contribution is -0.384. The van der Waals surface area contributed by atoms with Gasteiger partial charge in [-0.25, -0.2) is 4.79 Å². The van der Waals surface area contributed by atoms with E-state index < -0.39 is 17.1 Å². The number of nitro groups is 1. The molecule has 11 heteroatoms. The number of thioether (sulfide) groups is 1. The predicted molar refractivity (Wildman–Crippen MR) is 95.8 cm³/mol. The summed E-state index contributed by atoms with van der Waals surface area (Å²) in [6, 6.07) is 5.68. The van der Waals surface area contributed by atoms with Gasteiger partial charge < -0.3 is 20.1 Å². The van der Waals surface area contributed by atoms with Crippen molar-refractivity contribution in [2.24, 2.45) is 0 Å². The molecule has 2 rings (SSSR count). The van der Waals surface area contributed by atoms with Crippen LogP contribution in [0.25, 0.3) is 0 Å². The number of hydrogen-bond acceptors (Lipinski definition) is 8. The average Bonchev–Trinajstić information content (AvgIpc) is 2.63. The van der Waals surface area contributed by atoms with Crippen LogP contribution in [0.5, 0.6) is 0 Å². The number of ether oxygens (including phenoxy) is 2. The Morgan fingerprint density at radius 2 is 2.04 bits per heavy atom. The number of nitro benzene ring substituents is 1. The molecule has 0 bridgehead atoms. The fourth-order valence-electron chi connectivity index (χ4n) is 2.20. The highest BCUT2D eigenvalue weighted by molar-refractivity contribution is 8.14. The molecule has 0 radical (unpaired) electrons. The number of carbonyl (C=O) groups excluding carboxylic acids is 3. The maximum absolute atomic E-state index is 11.8. The van der Waals surface area contributed by atoms with Crippen LogP contribution in [0.15, 0.2) is 24.3 Å². The number of hydrogen-bond donors (Lipinski definition) is 2. The van der Waals surface area contributed by atoms with Gasteiger partial charge in [-0.1, -0.05) is 11.8 Å². The molecule has 10 nitrogen and oxygen atoms in total. The minimum atomic E-state index is -0.640. The maximum atomic E-state index is 11.8. The van der Waals surface area contributed by atoms with Crippen LogP contribution in [-0.2, 0) is 25.7 Å². The summed E-state index contributed by atoms with van der Waals surface area (Å²) in [5.74, 6) is -0.236. The van der Waals surface area contributed by atoms with Gasteiger partial charge in [-0.05, 0) is 24.1 Å². The Morgan fingerprint density at radius 3 is 2.63 bits per heavy atom. The normalized spacial score (nSPS) is 18.2. The highest BCUT2D eigenvalue weighted by atomic mass is 32.2. The van der Waals surface area contributed by atoms with Gasteiger partial charge in [0.05, 0.1) is 4.92 Å². The van der Waals surface area contributed by atoms with E-state index >= 15 is 0 Å². The quantitative estimate of drug-likeness (QED) is 0.276. The van der Waals surface area contributed by atoms with Crippen molar-refractivity contribution in [2.45, 2.75) is 30.9 Å². The van der Waals surface area contributed by atoms with Gasteiger partial charge in [-0.15, -0.1) is 0 Å². The SMILES string of the molecule is CO[C@H]1C(=O)N[C@@H]1SC(=O)CCCNC(=O)OCc1ccc([N+](=O)[O-])cc1. The van der Waals surface area contributed by atoms with Crippen LogP contribution >= 0.6 is 11.8 Å². The van der Waals surface area contributed by atoms with E-state index in [1.54, 1.807) is 0 Å². The molecule has 27 heavy (non-hydrogen) atoms. The summed E-state index contributed by atoms with van der Waals surface area (Å²) in [7, 11) is 1.41. The van der Waals surface area contributed by atoms with Crippen LogP contribution in [0.2, 0.25) is 0 Å². The van der Waals surface area contributed by atoms with Crippen LogP contribution in [-0.4, -0.2) is 47.2 Å².